The van der Waals surface area contributed by atoms with Crippen LogP contribution in [0.2, 0.25) is 0 Å². The predicted octanol–water partition coefficient (Wildman–Crippen LogP) is 1.80. The molecular weight excluding hydrogens is 234 g/mol. The lowest BCUT2D eigenvalue weighted by atomic mass is 10.4. The van der Waals surface area contributed by atoms with E-state index in [9.17, 15) is 4.79 Å². The maximum absolute atomic E-state index is 12.1. The third-order valence-corrected chi connectivity index (χ3v) is 3.88. The first-order valence-electron chi connectivity index (χ1n) is 5.91. The van der Waals surface area contributed by atoms with Crippen molar-refractivity contribution in [3.8, 4) is 0 Å². The Balaban J connectivity index is 2.19. The first kappa shape index (κ1) is 12.3. The van der Waals surface area contributed by atoms with Gasteiger partial charge in [-0.3, -0.25) is 9.36 Å². The van der Waals surface area contributed by atoms with Crippen molar-refractivity contribution >= 4 is 21.6 Å². The first-order chi connectivity index (χ1) is 8.26. The topological polar surface area (TPSA) is 38.1 Å². The van der Waals surface area contributed by atoms with Gasteiger partial charge >= 0.3 is 0 Å². The lowest BCUT2D eigenvalue weighted by Gasteiger charge is -2.18. The van der Waals surface area contributed by atoms with Gasteiger partial charge < -0.3 is 4.90 Å². The van der Waals surface area contributed by atoms with E-state index in [0.717, 1.165) is 29.9 Å². The van der Waals surface area contributed by atoms with E-state index in [1.54, 1.807) is 10.9 Å². The van der Waals surface area contributed by atoms with E-state index < -0.39 is 0 Å². The molecule has 0 aliphatic heterocycles. The Hall–Kier alpha value is -1.20. The van der Waals surface area contributed by atoms with E-state index in [1.807, 2.05) is 11.4 Å². The summed E-state index contributed by atoms with van der Waals surface area (Å²) in [7, 11) is 0. The summed E-state index contributed by atoms with van der Waals surface area (Å²) in [5.74, 6) is 0. The monoisotopic (exact) mass is 251 g/mol. The highest BCUT2D eigenvalue weighted by atomic mass is 32.1. The minimum Gasteiger partial charge on any atom is -0.302 e. The number of aromatic nitrogens is 2. The van der Waals surface area contributed by atoms with E-state index in [0.29, 0.717) is 6.54 Å². The number of hydrogen-bond acceptors (Lipinski definition) is 4. The zero-order valence-corrected chi connectivity index (χ0v) is 11.0. The highest BCUT2D eigenvalue weighted by Crippen LogP contribution is 2.12. The highest BCUT2D eigenvalue weighted by Gasteiger charge is 2.06. The van der Waals surface area contributed by atoms with Crippen LogP contribution in [0.15, 0.2) is 22.6 Å². The van der Waals surface area contributed by atoms with E-state index in [2.05, 4.69) is 23.7 Å². The molecule has 2 aromatic rings. The summed E-state index contributed by atoms with van der Waals surface area (Å²) in [5.41, 5.74) is 0.885. The van der Waals surface area contributed by atoms with Crippen molar-refractivity contribution in [3.63, 3.8) is 0 Å². The Morgan fingerprint density at radius 3 is 2.88 bits per heavy atom. The van der Waals surface area contributed by atoms with Crippen LogP contribution < -0.4 is 5.56 Å². The van der Waals surface area contributed by atoms with Gasteiger partial charge in [0, 0.05) is 13.1 Å². The Morgan fingerprint density at radius 2 is 2.18 bits per heavy atom. The van der Waals surface area contributed by atoms with Crippen LogP contribution in [0.4, 0.5) is 0 Å². The molecule has 0 saturated carbocycles. The summed E-state index contributed by atoms with van der Waals surface area (Å²) >= 11 is 1.46. The fourth-order valence-corrected chi connectivity index (χ4v) is 2.62. The number of rotatable bonds is 5. The molecule has 5 heteroatoms. The van der Waals surface area contributed by atoms with Crippen molar-refractivity contribution in [2.24, 2.45) is 0 Å². The zero-order valence-electron chi connectivity index (χ0n) is 10.2. The Kier molecular flexibility index (Phi) is 3.91. The molecule has 0 amide bonds. The van der Waals surface area contributed by atoms with Crippen molar-refractivity contribution < 1.29 is 0 Å². The van der Waals surface area contributed by atoms with Crippen LogP contribution in [0.3, 0.4) is 0 Å². The average Bonchev–Trinajstić information content (AvgIpc) is 2.82. The lowest BCUT2D eigenvalue weighted by Crippen LogP contribution is -2.30. The van der Waals surface area contributed by atoms with Crippen LogP contribution in [-0.4, -0.2) is 34.1 Å². The lowest BCUT2D eigenvalue weighted by molar-refractivity contribution is 0.289. The van der Waals surface area contributed by atoms with Crippen LogP contribution in [0, 0.1) is 0 Å². The third-order valence-electron chi connectivity index (χ3n) is 2.99. The molecule has 2 heterocycles. The van der Waals surface area contributed by atoms with Gasteiger partial charge in [0.15, 0.2) is 0 Å². The van der Waals surface area contributed by atoms with Gasteiger partial charge in [-0.05, 0) is 24.5 Å². The molecular formula is C12H17N3OS. The summed E-state index contributed by atoms with van der Waals surface area (Å²) in [5, 5.41) is 1.91. The summed E-state index contributed by atoms with van der Waals surface area (Å²) in [4.78, 5) is 18.7. The smallest absolute Gasteiger partial charge is 0.271 e. The summed E-state index contributed by atoms with van der Waals surface area (Å²) in [6.45, 7) is 7.90. The van der Waals surface area contributed by atoms with Gasteiger partial charge in [-0.1, -0.05) is 13.8 Å². The summed E-state index contributed by atoms with van der Waals surface area (Å²) < 4.78 is 2.46. The second-order valence-electron chi connectivity index (χ2n) is 3.90. The van der Waals surface area contributed by atoms with Crippen molar-refractivity contribution in [2.75, 3.05) is 19.6 Å². The van der Waals surface area contributed by atoms with Crippen molar-refractivity contribution in [3.05, 3.63) is 28.1 Å². The molecule has 0 radical (unpaired) electrons. The molecule has 0 aliphatic rings. The predicted molar refractivity (Wildman–Crippen MR) is 71.7 cm³/mol. The number of fused-ring (bicyclic) bond motifs is 1. The molecule has 0 N–H and O–H groups in total. The molecule has 0 saturated heterocycles. The second-order valence-corrected chi connectivity index (χ2v) is 4.82. The van der Waals surface area contributed by atoms with Crippen LogP contribution in [0.1, 0.15) is 13.8 Å². The van der Waals surface area contributed by atoms with Crippen molar-refractivity contribution in [2.45, 2.75) is 20.4 Å². The number of hydrogen-bond donors (Lipinski definition) is 0. The molecule has 0 bridgehead atoms. The van der Waals surface area contributed by atoms with Gasteiger partial charge in [0.25, 0.3) is 5.56 Å². The molecule has 17 heavy (non-hydrogen) atoms. The van der Waals surface area contributed by atoms with Gasteiger partial charge in [0.05, 0.1) is 11.8 Å². The summed E-state index contributed by atoms with van der Waals surface area (Å²) in [6, 6.07) is 1.89. The van der Waals surface area contributed by atoms with Gasteiger partial charge in [-0.15, -0.1) is 11.3 Å². The fraction of sp³-hybridized carbons (Fsp3) is 0.500. The molecule has 2 aromatic heterocycles. The Bertz CT molecular complexity index is 542. The standard InChI is InChI=1S/C12H17N3OS/c1-3-14(4-2)6-7-15-9-13-10-5-8-17-11(10)12(15)16/h5,8-9H,3-4,6-7H2,1-2H3. The first-order valence-corrected chi connectivity index (χ1v) is 6.79. The van der Waals surface area contributed by atoms with E-state index in [-0.39, 0.29) is 5.56 Å². The highest BCUT2D eigenvalue weighted by molar-refractivity contribution is 7.17. The van der Waals surface area contributed by atoms with Gasteiger partial charge in [-0.2, -0.15) is 0 Å². The Labute approximate surface area is 105 Å². The molecule has 0 unspecified atom stereocenters. The normalized spacial score (nSPS) is 11.5. The molecule has 0 atom stereocenters. The zero-order chi connectivity index (χ0) is 12.3. The molecule has 0 spiro atoms. The van der Waals surface area contributed by atoms with Crippen LogP contribution >= 0.6 is 11.3 Å². The second kappa shape index (κ2) is 5.42. The average molecular weight is 251 g/mol. The number of thiophene rings is 1. The maximum atomic E-state index is 12.1. The molecule has 0 aliphatic carbocycles. The molecule has 0 fully saturated rings. The van der Waals surface area contributed by atoms with Crippen molar-refractivity contribution in [1.29, 1.82) is 0 Å². The minimum absolute atomic E-state index is 0.0807. The largest absolute Gasteiger partial charge is 0.302 e. The van der Waals surface area contributed by atoms with Gasteiger partial charge in [-0.25, -0.2) is 4.98 Å². The van der Waals surface area contributed by atoms with Crippen LogP contribution in [-0.2, 0) is 6.54 Å². The van der Waals surface area contributed by atoms with Gasteiger partial charge in [0.2, 0.25) is 0 Å². The fourth-order valence-electron chi connectivity index (χ4n) is 1.83. The van der Waals surface area contributed by atoms with E-state index in [1.165, 1.54) is 11.3 Å². The SMILES string of the molecule is CCN(CC)CCn1cnc2ccsc2c1=O. The Morgan fingerprint density at radius 1 is 1.41 bits per heavy atom. The molecule has 4 nitrogen and oxygen atoms in total. The molecule has 2 rings (SSSR count). The third kappa shape index (κ3) is 2.56. The van der Waals surface area contributed by atoms with E-state index in [4.69, 9.17) is 0 Å². The van der Waals surface area contributed by atoms with Gasteiger partial charge in [0.1, 0.15) is 4.70 Å². The van der Waals surface area contributed by atoms with E-state index >= 15 is 0 Å². The quantitative estimate of drug-likeness (QED) is 0.813. The molecule has 92 valence electrons. The van der Waals surface area contributed by atoms with Crippen LogP contribution in [0.5, 0.6) is 0 Å². The number of nitrogens with zero attached hydrogens (tertiary/aromatic N) is 3. The number of likely N-dealkylation sites (N-methyl/N-ethyl adjacent to an activating group) is 1. The van der Waals surface area contributed by atoms with Crippen LogP contribution in [0.25, 0.3) is 10.2 Å². The maximum Gasteiger partial charge on any atom is 0.271 e. The van der Waals surface area contributed by atoms with Crippen molar-refractivity contribution in [1.82, 2.24) is 14.5 Å². The minimum atomic E-state index is 0.0807. The summed E-state index contributed by atoms with van der Waals surface area (Å²) in [6.07, 6.45) is 1.65. The molecule has 0 aromatic carbocycles.